The van der Waals surface area contributed by atoms with E-state index in [4.69, 9.17) is 0 Å². The second kappa shape index (κ2) is 6.80. The van der Waals surface area contributed by atoms with Crippen molar-refractivity contribution in [3.63, 3.8) is 0 Å². The van der Waals surface area contributed by atoms with E-state index in [1.54, 1.807) is 18.2 Å². The molecule has 0 saturated heterocycles. The number of anilines is 1. The highest BCUT2D eigenvalue weighted by atomic mass is 16.6. The van der Waals surface area contributed by atoms with Crippen LogP contribution in [-0.2, 0) is 11.2 Å². The molecule has 0 spiro atoms. The fraction of sp³-hybridized carbons (Fsp3) is 0.278. The number of benzene rings is 2. The zero-order chi connectivity index (χ0) is 17.1. The number of carbonyl (C=O) groups is 1. The fourth-order valence-corrected chi connectivity index (χ4v) is 3.26. The topological polar surface area (TPSA) is 75.5 Å². The maximum Gasteiger partial charge on any atom is 0.292 e. The van der Waals surface area contributed by atoms with Crippen molar-refractivity contribution in [2.24, 2.45) is 0 Å². The molecule has 0 fully saturated rings. The van der Waals surface area contributed by atoms with E-state index in [1.807, 2.05) is 24.1 Å². The summed E-state index contributed by atoms with van der Waals surface area (Å²) in [7, 11) is 1.91. The lowest BCUT2D eigenvalue weighted by molar-refractivity contribution is -0.383. The van der Waals surface area contributed by atoms with Crippen LogP contribution in [0.3, 0.4) is 0 Å². The molecule has 0 radical (unpaired) electrons. The maximum atomic E-state index is 12.3. The lowest BCUT2D eigenvalue weighted by Crippen LogP contribution is -2.32. The van der Waals surface area contributed by atoms with Crippen LogP contribution in [0.15, 0.2) is 48.5 Å². The Bertz CT molecular complexity index is 776. The van der Waals surface area contributed by atoms with E-state index in [-0.39, 0.29) is 29.9 Å². The molecule has 2 aromatic rings. The van der Waals surface area contributed by atoms with Gasteiger partial charge in [0.2, 0.25) is 5.91 Å². The fourth-order valence-electron chi connectivity index (χ4n) is 3.26. The minimum absolute atomic E-state index is 0.0975. The lowest BCUT2D eigenvalue weighted by atomic mass is 10.1. The van der Waals surface area contributed by atoms with Crippen LogP contribution in [0.1, 0.15) is 23.6 Å². The first kappa shape index (κ1) is 16.1. The third-order valence-corrected chi connectivity index (χ3v) is 4.40. The van der Waals surface area contributed by atoms with Crippen LogP contribution < -0.4 is 5.32 Å². The van der Waals surface area contributed by atoms with Crippen LogP contribution >= 0.6 is 0 Å². The molecule has 0 saturated carbocycles. The molecule has 1 aliphatic rings. The van der Waals surface area contributed by atoms with Crippen molar-refractivity contribution in [1.29, 1.82) is 0 Å². The second-order valence-electron chi connectivity index (χ2n) is 5.99. The number of nitrogens with zero attached hydrogens (tertiary/aromatic N) is 2. The molecule has 6 nitrogen and oxygen atoms in total. The van der Waals surface area contributed by atoms with Crippen LogP contribution in [0, 0.1) is 10.1 Å². The van der Waals surface area contributed by atoms with Gasteiger partial charge < -0.3 is 5.32 Å². The Labute approximate surface area is 140 Å². The van der Waals surface area contributed by atoms with Crippen molar-refractivity contribution in [3.05, 3.63) is 69.8 Å². The Balaban J connectivity index is 1.67. The number of nitro benzene ring substituents is 1. The minimum atomic E-state index is -0.494. The first-order chi connectivity index (χ1) is 11.6. The molecule has 1 N–H and O–H groups in total. The van der Waals surface area contributed by atoms with E-state index < -0.39 is 4.92 Å². The second-order valence-corrected chi connectivity index (χ2v) is 5.99. The quantitative estimate of drug-likeness (QED) is 0.677. The molecule has 24 heavy (non-hydrogen) atoms. The summed E-state index contributed by atoms with van der Waals surface area (Å²) in [5, 5.41) is 13.7. The maximum absolute atomic E-state index is 12.3. The zero-order valence-electron chi connectivity index (χ0n) is 13.4. The average Bonchev–Trinajstić information content (AvgIpc) is 2.99. The van der Waals surface area contributed by atoms with Crippen molar-refractivity contribution in [1.82, 2.24) is 4.90 Å². The number of aryl methyl sites for hydroxylation is 1. The number of para-hydroxylation sites is 2. The Morgan fingerprint density at radius 2 is 1.96 bits per heavy atom. The largest absolute Gasteiger partial charge is 0.319 e. The standard InChI is InChI=1S/C18H19N3O3/c1-20(16-11-10-13-6-2-3-7-14(13)16)12-18(22)19-15-8-4-5-9-17(15)21(23)24/h2-9,16H,10-12H2,1H3,(H,19,22)/t16-/m0/s1. The summed E-state index contributed by atoms with van der Waals surface area (Å²) in [5.41, 5.74) is 2.72. The van der Waals surface area contributed by atoms with Crippen LogP contribution in [0.5, 0.6) is 0 Å². The van der Waals surface area contributed by atoms with Crippen molar-refractivity contribution >= 4 is 17.3 Å². The number of likely N-dealkylation sites (N-methyl/N-ethyl adjacent to an activating group) is 1. The lowest BCUT2D eigenvalue weighted by Gasteiger charge is -2.24. The molecule has 0 aromatic heterocycles. The molecule has 124 valence electrons. The van der Waals surface area contributed by atoms with Gasteiger partial charge in [0.15, 0.2) is 0 Å². The van der Waals surface area contributed by atoms with Gasteiger partial charge in [0.1, 0.15) is 5.69 Å². The summed E-state index contributed by atoms with van der Waals surface area (Å²) in [6, 6.07) is 14.6. The van der Waals surface area contributed by atoms with Gasteiger partial charge in [-0.2, -0.15) is 0 Å². The smallest absolute Gasteiger partial charge is 0.292 e. The first-order valence-electron chi connectivity index (χ1n) is 7.87. The van der Waals surface area contributed by atoms with Crippen LogP contribution in [0.2, 0.25) is 0 Å². The zero-order valence-corrected chi connectivity index (χ0v) is 13.4. The van der Waals surface area contributed by atoms with E-state index in [2.05, 4.69) is 17.4 Å². The summed E-state index contributed by atoms with van der Waals surface area (Å²) in [5.74, 6) is -0.254. The van der Waals surface area contributed by atoms with E-state index in [9.17, 15) is 14.9 Å². The van der Waals surface area contributed by atoms with Gasteiger partial charge in [0.25, 0.3) is 5.69 Å². The molecule has 3 rings (SSSR count). The Morgan fingerprint density at radius 1 is 1.25 bits per heavy atom. The predicted octanol–water partition coefficient (Wildman–Crippen LogP) is 3.15. The normalized spacial score (nSPS) is 16.0. The van der Waals surface area contributed by atoms with Crippen LogP contribution in [0.25, 0.3) is 0 Å². The number of rotatable bonds is 5. The Morgan fingerprint density at radius 3 is 2.75 bits per heavy atom. The number of amides is 1. The summed E-state index contributed by atoms with van der Waals surface area (Å²) in [6.07, 6.45) is 1.99. The summed E-state index contributed by atoms with van der Waals surface area (Å²) in [4.78, 5) is 24.8. The number of nitro groups is 1. The molecule has 0 bridgehead atoms. The first-order valence-corrected chi connectivity index (χ1v) is 7.87. The van der Waals surface area contributed by atoms with Crippen LogP contribution in [-0.4, -0.2) is 29.3 Å². The van der Waals surface area contributed by atoms with Crippen molar-refractivity contribution in [3.8, 4) is 0 Å². The molecule has 0 unspecified atom stereocenters. The molecule has 1 amide bonds. The van der Waals surface area contributed by atoms with Gasteiger partial charge in [-0.15, -0.1) is 0 Å². The number of fused-ring (bicyclic) bond motifs is 1. The molecule has 0 heterocycles. The molecule has 6 heteroatoms. The minimum Gasteiger partial charge on any atom is -0.319 e. The number of carbonyl (C=O) groups excluding carboxylic acids is 1. The summed E-state index contributed by atoms with van der Waals surface area (Å²) >= 11 is 0. The van der Waals surface area contributed by atoms with Crippen molar-refractivity contribution in [2.75, 3.05) is 18.9 Å². The molecular formula is C18H19N3O3. The van der Waals surface area contributed by atoms with E-state index in [1.165, 1.54) is 17.2 Å². The number of hydrogen-bond donors (Lipinski definition) is 1. The molecule has 1 atom stereocenters. The highest BCUT2D eigenvalue weighted by Gasteiger charge is 2.26. The molecule has 2 aromatic carbocycles. The third kappa shape index (κ3) is 3.28. The molecule has 0 aliphatic heterocycles. The molecular weight excluding hydrogens is 306 g/mol. The van der Waals surface area contributed by atoms with E-state index in [0.29, 0.717) is 0 Å². The average molecular weight is 325 g/mol. The van der Waals surface area contributed by atoms with E-state index in [0.717, 1.165) is 12.8 Å². The van der Waals surface area contributed by atoms with E-state index >= 15 is 0 Å². The van der Waals surface area contributed by atoms with Gasteiger partial charge in [-0.25, -0.2) is 0 Å². The van der Waals surface area contributed by atoms with Crippen molar-refractivity contribution in [2.45, 2.75) is 18.9 Å². The Kier molecular flexibility index (Phi) is 4.57. The van der Waals surface area contributed by atoms with Gasteiger partial charge >= 0.3 is 0 Å². The predicted molar refractivity (Wildman–Crippen MR) is 91.9 cm³/mol. The van der Waals surface area contributed by atoms with Crippen LogP contribution in [0.4, 0.5) is 11.4 Å². The van der Waals surface area contributed by atoms with Gasteiger partial charge in [-0.05, 0) is 37.1 Å². The highest BCUT2D eigenvalue weighted by molar-refractivity contribution is 5.94. The third-order valence-electron chi connectivity index (χ3n) is 4.40. The van der Waals surface area contributed by atoms with Gasteiger partial charge in [-0.1, -0.05) is 36.4 Å². The summed E-state index contributed by atoms with van der Waals surface area (Å²) < 4.78 is 0. The van der Waals surface area contributed by atoms with Crippen molar-refractivity contribution < 1.29 is 9.72 Å². The monoisotopic (exact) mass is 325 g/mol. The van der Waals surface area contributed by atoms with Gasteiger partial charge in [0, 0.05) is 12.1 Å². The molecule has 1 aliphatic carbocycles. The van der Waals surface area contributed by atoms with Gasteiger partial charge in [-0.3, -0.25) is 19.8 Å². The Hall–Kier alpha value is -2.73. The van der Waals surface area contributed by atoms with Gasteiger partial charge in [0.05, 0.1) is 11.5 Å². The SMILES string of the molecule is CN(CC(=O)Nc1ccccc1[N+](=O)[O-])[C@H]1CCc2ccccc21. The number of hydrogen-bond acceptors (Lipinski definition) is 4. The number of nitrogens with one attached hydrogen (secondary N) is 1. The highest BCUT2D eigenvalue weighted by Crippen LogP contribution is 2.34. The summed E-state index contributed by atoms with van der Waals surface area (Å²) in [6.45, 7) is 0.186.